The second kappa shape index (κ2) is 6.15. The first-order chi connectivity index (χ1) is 9.72. The summed E-state index contributed by atoms with van der Waals surface area (Å²) >= 11 is 0. The van der Waals surface area contributed by atoms with E-state index >= 15 is 0 Å². The molecule has 1 aromatic rings. The van der Waals surface area contributed by atoms with Crippen molar-refractivity contribution in [3.63, 3.8) is 0 Å². The van der Waals surface area contributed by atoms with Crippen molar-refractivity contribution in [1.82, 2.24) is 10.2 Å². The lowest BCUT2D eigenvalue weighted by Gasteiger charge is -2.22. The number of nitrogen functional groups attached to an aromatic ring is 1. The highest BCUT2D eigenvalue weighted by atomic mass is 15.1. The summed E-state index contributed by atoms with van der Waals surface area (Å²) in [6, 6.07) is 6.92. The van der Waals surface area contributed by atoms with Gasteiger partial charge in [-0.05, 0) is 74.5 Å². The Morgan fingerprint density at radius 3 is 2.95 bits per heavy atom. The summed E-state index contributed by atoms with van der Waals surface area (Å²) < 4.78 is 0. The van der Waals surface area contributed by atoms with Gasteiger partial charge < -0.3 is 16.0 Å². The fraction of sp³-hybridized carbons (Fsp3) is 0.647. The van der Waals surface area contributed by atoms with Gasteiger partial charge >= 0.3 is 0 Å². The van der Waals surface area contributed by atoms with Crippen LogP contribution in [0.1, 0.15) is 43.4 Å². The predicted molar refractivity (Wildman–Crippen MR) is 84.8 cm³/mol. The highest BCUT2D eigenvalue weighted by Crippen LogP contribution is 2.32. The van der Waals surface area contributed by atoms with Gasteiger partial charge in [-0.1, -0.05) is 13.0 Å². The number of hydrogen-bond acceptors (Lipinski definition) is 3. The number of benzene rings is 1. The van der Waals surface area contributed by atoms with E-state index in [-0.39, 0.29) is 0 Å². The molecule has 1 heterocycles. The molecule has 0 radical (unpaired) electrons. The van der Waals surface area contributed by atoms with Crippen molar-refractivity contribution in [2.24, 2.45) is 5.92 Å². The standard InChI is InChI=1S/C17H27N3/c1-13(12-20-8-2-3-9-20)11-19-17-7-4-14-10-15(18)5-6-16(14)17/h5-6,10,13,17,19H,2-4,7-9,11-12,18H2,1H3. The van der Waals surface area contributed by atoms with Crippen LogP contribution in [0.15, 0.2) is 18.2 Å². The minimum absolute atomic E-state index is 0.534. The maximum atomic E-state index is 5.86. The Labute approximate surface area is 122 Å². The van der Waals surface area contributed by atoms with Crippen molar-refractivity contribution < 1.29 is 0 Å². The molecule has 0 aromatic heterocycles. The SMILES string of the molecule is CC(CNC1CCc2cc(N)ccc21)CN1CCCC1. The summed E-state index contributed by atoms with van der Waals surface area (Å²) in [4.78, 5) is 2.61. The van der Waals surface area contributed by atoms with E-state index in [1.807, 2.05) is 6.07 Å². The van der Waals surface area contributed by atoms with E-state index in [0.717, 1.165) is 18.2 Å². The van der Waals surface area contributed by atoms with Gasteiger partial charge in [0.1, 0.15) is 0 Å². The third-order valence-corrected chi connectivity index (χ3v) is 4.73. The van der Waals surface area contributed by atoms with Crippen LogP contribution in [0.3, 0.4) is 0 Å². The van der Waals surface area contributed by atoms with Crippen LogP contribution >= 0.6 is 0 Å². The first-order valence-electron chi connectivity index (χ1n) is 8.06. The maximum Gasteiger partial charge on any atom is 0.0326 e. The number of nitrogens with one attached hydrogen (secondary N) is 1. The highest BCUT2D eigenvalue weighted by molar-refractivity contribution is 5.47. The lowest BCUT2D eigenvalue weighted by molar-refractivity contribution is 0.277. The molecule has 2 atom stereocenters. The van der Waals surface area contributed by atoms with Crippen LogP contribution in [-0.4, -0.2) is 31.1 Å². The fourth-order valence-corrected chi connectivity index (χ4v) is 3.66. The molecule has 1 aromatic carbocycles. The molecule has 0 bridgehead atoms. The van der Waals surface area contributed by atoms with E-state index in [1.165, 1.54) is 56.4 Å². The van der Waals surface area contributed by atoms with E-state index < -0.39 is 0 Å². The normalized spacial score (nSPS) is 23.9. The number of rotatable bonds is 5. The molecule has 0 saturated carbocycles. The van der Waals surface area contributed by atoms with Crippen LogP contribution in [-0.2, 0) is 6.42 Å². The quantitative estimate of drug-likeness (QED) is 0.810. The molecule has 3 nitrogen and oxygen atoms in total. The molecule has 1 aliphatic carbocycles. The van der Waals surface area contributed by atoms with Crippen molar-refractivity contribution in [2.45, 2.75) is 38.6 Å². The van der Waals surface area contributed by atoms with Crippen molar-refractivity contribution in [3.05, 3.63) is 29.3 Å². The van der Waals surface area contributed by atoms with Crippen molar-refractivity contribution in [3.8, 4) is 0 Å². The van der Waals surface area contributed by atoms with Crippen LogP contribution < -0.4 is 11.1 Å². The fourth-order valence-electron chi connectivity index (χ4n) is 3.66. The average molecular weight is 273 g/mol. The highest BCUT2D eigenvalue weighted by Gasteiger charge is 2.23. The van der Waals surface area contributed by atoms with Crippen LogP contribution in [0.25, 0.3) is 0 Å². The second-order valence-electron chi connectivity index (χ2n) is 6.57. The largest absolute Gasteiger partial charge is 0.399 e. The van der Waals surface area contributed by atoms with Crippen LogP contribution in [0.2, 0.25) is 0 Å². The van der Waals surface area contributed by atoms with Gasteiger partial charge in [-0.3, -0.25) is 0 Å². The zero-order valence-electron chi connectivity index (χ0n) is 12.6. The molecule has 1 aliphatic heterocycles. The minimum Gasteiger partial charge on any atom is -0.399 e. The molecular formula is C17H27N3. The van der Waals surface area contributed by atoms with E-state index in [2.05, 4.69) is 29.3 Å². The Hall–Kier alpha value is -1.06. The summed E-state index contributed by atoms with van der Waals surface area (Å²) in [6.45, 7) is 7.33. The van der Waals surface area contributed by atoms with Crippen molar-refractivity contribution in [1.29, 1.82) is 0 Å². The number of nitrogens with two attached hydrogens (primary N) is 1. The van der Waals surface area contributed by atoms with Gasteiger partial charge in [0.05, 0.1) is 0 Å². The first-order valence-corrected chi connectivity index (χ1v) is 8.06. The summed E-state index contributed by atoms with van der Waals surface area (Å²) in [7, 11) is 0. The molecule has 3 N–H and O–H groups in total. The summed E-state index contributed by atoms with van der Waals surface area (Å²) in [5.41, 5.74) is 9.66. The Morgan fingerprint density at radius 2 is 2.15 bits per heavy atom. The smallest absolute Gasteiger partial charge is 0.0326 e. The van der Waals surface area contributed by atoms with E-state index in [4.69, 9.17) is 5.73 Å². The molecule has 20 heavy (non-hydrogen) atoms. The lowest BCUT2D eigenvalue weighted by Crippen LogP contribution is -2.32. The third-order valence-electron chi connectivity index (χ3n) is 4.73. The van der Waals surface area contributed by atoms with Gasteiger partial charge in [-0.15, -0.1) is 0 Å². The van der Waals surface area contributed by atoms with Crippen LogP contribution in [0.5, 0.6) is 0 Å². The molecule has 0 spiro atoms. The Balaban J connectivity index is 1.50. The second-order valence-corrected chi connectivity index (χ2v) is 6.57. The molecule has 3 heteroatoms. The van der Waals surface area contributed by atoms with Crippen molar-refractivity contribution >= 4 is 5.69 Å². The molecular weight excluding hydrogens is 246 g/mol. The predicted octanol–water partition coefficient (Wildman–Crippen LogP) is 2.58. The number of nitrogens with zero attached hydrogens (tertiary/aromatic N) is 1. The molecule has 1 saturated heterocycles. The topological polar surface area (TPSA) is 41.3 Å². The average Bonchev–Trinajstić information content (AvgIpc) is 3.05. The zero-order chi connectivity index (χ0) is 13.9. The van der Waals surface area contributed by atoms with Gasteiger partial charge in [0.25, 0.3) is 0 Å². The minimum atomic E-state index is 0.534. The number of anilines is 1. The van der Waals surface area contributed by atoms with Gasteiger partial charge in [-0.25, -0.2) is 0 Å². The zero-order valence-corrected chi connectivity index (χ0v) is 12.6. The summed E-state index contributed by atoms with van der Waals surface area (Å²) in [6.07, 6.45) is 5.16. The van der Waals surface area contributed by atoms with Gasteiger partial charge in [0.15, 0.2) is 0 Å². The number of fused-ring (bicyclic) bond motifs is 1. The molecule has 1 fully saturated rings. The first kappa shape index (κ1) is 13.9. The molecule has 110 valence electrons. The lowest BCUT2D eigenvalue weighted by atomic mass is 10.1. The van der Waals surface area contributed by atoms with E-state index in [9.17, 15) is 0 Å². The monoisotopic (exact) mass is 273 g/mol. The summed E-state index contributed by atoms with van der Waals surface area (Å²) in [5.74, 6) is 0.728. The van der Waals surface area contributed by atoms with Gasteiger partial charge in [0, 0.05) is 18.3 Å². The molecule has 2 unspecified atom stereocenters. The maximum absolute atomic E-state index is 5.86. The van der Waals surface area contributed by atoms with Gasteiger partial charge in [-0.2, -0.15) is 0 Å². The number of aryl methyl sites for hydroxylation is 1. The van der Waals surface area contributed by atoms with Crippen molar-refractivity contribution in [2.75, 3.05) is 31.9 Å². The Morgan fingerprint density at radius 1 is 1.35 bits per heavy atom. The van der Waals surface area contributed by atoms with Gasteiger partial charge in [0.2, 0.25) is 0 Å². The van der Waals surface area contributed by atoms with E-state index in [0.29, 0.717) is 6.04 Å². The number of hydrogen-bond donors (Lipinski definition) is 2. The van der Waals surface area contributed by atoms with Crippen LogP contribution in [0, 0.1) is 5.92 Å². The molecule has 0 amide bonds. The summed E-state index contributed by atoms with van der Waals surface area (Å²) in [5, 5.41) is 3.76. The Bertz CT molecular complexity index is 452. The van der Waals surface area contributed by atoms with Crippen LogP contribution in [0.4, 0.5) is 5.69 Å². The Kier molecular flexibility index (Phi) is 4.27. The molecule has 2 aliphatic rings. The molecule has 3 rings (SSSR count). The van der Waals surface area contributed by atoms with E-state index in [1.54, 1.807) is 0 Å². The third kappa shape index (κ3) is 3.15. The number of likely N-dealkylation sites (tertiary alicyclic amines) is 1.